The van der Waals surface area contributed by atoms with Crippen LogP contribution in [0.5, 0.6) is 11.5 Å². The van der Waals surface area contributed by atoms with Gasteiger partial charge < -0.3 is 9.47 Å². The van der Waals surface area contributed by atoms with Crippen LogP contribution in [0.1, 0.15) is 21.5 Å². The molecule has 0 atom stereocenters. The van der Waals surface area contributed by atoms with Gasteiger partial charge >= 0.3 is 0 Å². The summed E-state index contributed by atoms with van der Waals surface area (Å²) in [6.45, 7) is 0. The highest BCUT2D eigenvalue weighted by molar-refractivity contribution is 7.98. The summed E-state index contributed by atoms with van der Waals surface area (Å²) in [5.41, 5.74) is 4.41. The molecule has 1 heterocycles. The molecule has 0 saturated carbocycles. The van der Waals surface area contributed by atoms with Crippen LogP contribution in [-0.4, -0.2) is 20.0 Å². The van der Waals surface area contributed by atoms with Gasteiger partial charge in [0, 0.05) is 26.8 Å². The van der Waals surface area contributed by atoms with Crippen molar-refractivity contribution in [2.24, 2.45) is 0 Å². The minimum absolute atomic E-state index is 0.00164. The molecule has 27 heavy (non-hydrogen) atoms. The lowest BCUT2D eigenvalue weighted by Crippen LogP contribution is -2.05. The highest BCUT2D eigenvalue weighted by atomic mass is 35.5. The lowest BCUT2D eigenvalue weighted by molar-refractivity contribution is 0.103. The number of ether oxygens (including phenoxy) is 2. The van der Waals surface area contributed by atoms with Gasteiger partial charge in [0.1, 0.15) is 0 Å². The molecule has 4 rings (SSSR count). The van der Waals surface area contributed by atoms with Crippen LogP contribution in [0.15, 0.2) is 59.5 Å². The Morgan fingerprint density at radius 2 is 1.52 bits per heavy atom. The van der Waals surface area contributed by atoms with E-state index in [1.807, 2.05) is 48.5 Å². The molecule has 0 unspecified atom stereocenters. The van der Waals surface area contributed by atoms with Crippen molar-refractivity contribution in [3.8, 4) is 22.6 Å². The minimum Gasteiger partial charge on any atom is -0.493 e. The molecular formula is C22H17ClO3S. The lowest BCUT2D eigenvalue weighted by atomic mass is 9.94. The van der Waals surface area contributed by atoms with Crippen LogP contribution in [-0.2, 0) is 5.75 Å². The molecule has 0 fully saturated rings. The van der Waals surface area contributed by atoms with Gasteiger partial charge in [0.2, 0.25) is 0 Å². The van der Waals surface area contributed by atoms with E-state index in [1.54, 1.807) is 32.0 Å². The maximum Gasteiger partial charge on any atom is 0.194 e. The van der Waals surface area contributed by atoms with Crippen LogP contribution in [0.3, 0.4) is 0 Å². The van der Waals surface area contributed by atoms with Crippen molar-refractivity contribution in [1.82, 2.24) is 0 Å². The van der Waals surface area contributed by atoms with E-state index in [1.165, 1.54) is 0 Å². The minimum atomic E-state index is 0.00164. The van der Waals surface area contributed by atoms with Crippen LogP contribution < -0.4 is 9.47 Å². The number of thioether (sulfide) groups is 1. The summed E-state index contributed by atoms with van der Waals surface area (Å²) >= 11 is 7.62. The van der Waals surface area contributed by atoms with E-state index < -0.39 is 0 Å². The van der Waals surface area contributed by atoms with Gasteiger partial charge in [-0.15, -0.1) is 11.8 Å². The number of carbonyl (C=O) groups is 1. The Kier molecular flexibility index (Phi) is 4.85. The molecule has 0 amide bonds. The number of hydrogen-bond donors (Lipinski definition) is 0. The predicted molar refractivity (Wildman–Crippen MR) is 109 cm³/mol. The Labute approximate surface area is 167 Å². The smallest absolute Gasteiger partial charge is 0.194 e. The second-order valence-electron chi connectivity index (χ2n) is 6.20. The molecule has 0 aliphatic carbocycles. The first-order chi connectivity index (χ1) is 13.1. The van der Waals surface area contributed by atoms with E-state index >= 15 is 0 Å². The number of ketones is 1. The van der Waals surface area contributed by atoms with Crippen molar-refractivity contribution in [2.75, 3.05) is 14.2 Å². The molecule has 0 saturated heterocycles. The summed E-state index contributed by atoms with van der Waals surface area (Å²) in [4.78, 5) is 14.2. The molecule has 3 aromatic carbocycles. The number of carbonyl (C=O) groups excluding carboxylic acids is 1. The predicted octanol–water partition coefficient (Wildman–Crippen LogP) is 5.86. The van der Waals surface area contributed by atoms with E-state index in [9.17, 15) is 4.79 Å². The average Bonchev–Trinajstić information content (AvgIpc) is 2.84. The summed E-state index contributed by atoms with van der Waals surface area (Å²) < 4.78 is 10.8. The largest absolute Gasteiger partial charge is 0.493 e. The van der Waals surface area contributed by atoms with Crippen LogP contribution in [0.25, 0.3) is 11.1 Å². The van der Waals surface area contributed by atoms with Gasteiger partial charge in [0.25, 0.3) is 0 Å². The van der Waals surface area contributed by atoms with E-state index in [-0.39, 0.29) is 5.78 Å². The van der Waals surface area contributed by atoms with Crippen molar-refractivity contribution in [1.29, 1.82) is 0 Å². The molecule has 1 aliphatic heterocycles. The van der Waals surface area contributed by atoms with Gasteiger partial charge in [-0.05, 0) is 47.0 Å². The number of rotatable bonds is 3. The molecule has 3 nitrogen and oxygen atoms in total. The zero-order valence-corrected chi connectivity index (χ0v) is 16.5. The van der Waals surface area contributed by atoms with Crippen molar-refractivity contribution >= 4 is 29.1 Å². The van der Waals surface area contributed by atoms with Crippen LogP contribution in [0.2, 0.25) is 5.02 Å². The summed E-state index contributed by atoms with van der Waals surface area (Å²) in [7, 11) is 3.17. The normalized spacial score (nSPS) is 12.8. The van der Waals surface area contributed by atoms with Crippen LogP contribution in [0.4, 0.5) is 0 Å². The monoisotopic (exact) mass is 396 g/mol. The lowest BCUT2D eigenvalue weighted by Gasteiger charge is -2.12. The van der Waals surface area contributed by atoms with Crippen LogP contribution >= 0.6 is 23.4 Å². The third-order valence-electron chi connectivity index (χ3n) is 4.65. The Morgan fingerprint density at radius 1 is 0.852 bits per heavy atom. The molecule has 0 aromatic heterocycles. The number of methoxy groups -OCH3 is 2. The van der Waals surface area contributed by atoms with Gasteiger partial charge in [-0.1, -0.05) is 35.9 Å². The first kappa shape index (κ1) is 18.0. The zero-order chi connectivity index (χ0) is 19.0. The highest BCUT2D eigenvalue weighted by Gasteiger charge is 2.24. The Balaban J connectivity index is 1.82. The molecule has 0 spiro atoms. The van der Waals surface area contributed by atoms with Crippen LogP contribution in [0, 0.1) is 0 Å². The van der Waals surface area contributed by atoms with Gasteiger partial charge in [-0.3, -0.25) is 4.79 Å². The fraction of sp³-hybridized carbons (Fsp3) is 0.136. The van der Waals surface area contributed by atoms with Gasteiger partial charge in [0.15, 0.2) is 17.3 Å². The summed E-state index contributed by atoms with van der Waals surface area (Å²) in [6, 6.07) is 17.3. The fourth-order valence-electron chi connectivity index (χ4n) is 3.19. The van der Waals surface area contributed by atoms with E-state index in [0.717, 1.165) is 32.9 Å². The quantitative estimate of drug-likeness (QED) is 0.555. The maximum absolute atomic E-state index is 13.3. The number of benzene rings is 3. The molecular weight excluding hydrogens is 380 g/mol. The topological polar surface area (TPSA) is 35.5 Å². The summed E-state index contributed by atoms with van der Waals surface area (Å²) in [6.07, 6.45) is 0. The molecule has 0 bridgehead atoms. The third-order valence-corrected chi connectivity index (χ3v) is 6.00. The standard InChI is InChI=1S/C22H17ClO3S/c1-25-19-10-18-21(11-20(19)26-2)27-12-15-4-3-14(9-17(15)22(18)24)13-5-7-16(23)8-6-13/h3-11H,12H2,1-2H3. The number of halogens is 1. The SMILES string of the molecule is COc1cc2c(cc1OC)C(=O)c1cc(-c3ccc(Cl)cc3)ccc1CS2. The van der Waals surface area contributed by atoms with Crippen molar-refractivity contribution in [2.45, 2.75) is 10.6 Å². The molecule has 1 aliphatic rings. The molecule has 3 aromatic rings. The highest BCUT2D eigenvalue weighted by Crippen LogP contribution is 2.41. The summed E-state index contributed by atoms with van der Waals surface area (Å²) in [5, 5.41) is 0.691. The Bertz CT molecular complexity index is 1030. The van der Waals surface area contributed by atoms with Crippen molar-refractivity contribution in [3.05, 3.63) is 76.3 Å². The molecule has 136 valence electrons. The van der Waals surface area contributed by atoms with E-state index in [4.69, 9.17) is 21.1 Å². The molecule has 0 N–H and O–H groups in total. The molecule has 5 heteroatoms. The Hall–Kier alpha value is -2.43. The van der Waals surface area contributed by atoms with Gasteiger partial charge in [0.05, 0.1) is 14.2 Å². The number of fused-ring (bicyclic) bond motifs is 2. The van der Waals surface area contributed by atoms with Crippen molar-refractivity contribution < 1.29 is 14.3 Å². The number of hydrogen-bond acceptors (Lipinski definition) is 4. The van der Waals surface area contributed by atoms with E-state index in [0.29, 0.717) is 22.1 Å². The van der Waals surface area contributed by atoms with Gasteiger partial charge in [-0.25, -0.2) is 0 Å². The zero-order valence-electron chi connectivity index (χ0n) is 14.9. The Morgan fingerprint density at radius 3 is 2.22 bits per heavy atom. The van der Waals surface area contributed by atoms with Crippen molar-refractivity contribution in [3.63, 3.8) is 0 Å². The van der Waals surface area contributed by atoms with Gasteiger partial charge in [-0.2, -0.15) is 0 Å². The average molecular weight is 397 g/mol. The van der Waals surface area contributed by atoms with E-state index in [2.05, 4.69) is 0 Å². The molecule has 0 radical (unpaired) electrons. The third kappa shape index (κ3) is 3.31. The fourth-order valence-corrected chi connectivity index (χ4v) is 4.38. The second kappa shape index (κ2) is 7.29. The first-order valence-electron chi connectivity index (χ1n) is 8.43. The second-order valence-corrected chi connectivity index (χ2v) is 7.65. The summed E-state index contributed by atoms with van der Waals surface area (Å²) in [5.74, 6) is 1.92. The first-order valence-corrected chi connectivity index (χ1v) is 9.79. The maximum atomic E-state index is 13.3.